The highest BCUT2D eigenvalue weighted by atomic mass is 32.2. The molecule has 1 atom stereocenters. The third-order valence-electron chi connectivity index (χ3n) is 3.27. The molecule has 1 aromatic rings. The van der Waals surface area contributed by atoms with Crippen molar-refractivity contribution in [3.05, 3.63) is 18.5 Å². The molecule has 1 N–H and O–H groups in total. The van der Waals surface area contributed by atoms with Gasteiger partial charge < -0.3 is 9.88 Å². The van der Waals surface area contributed by atoms with Crippen LogP contribution in [0.3, 0.4) is 0 Å². The molecule has 0 aromatic carbocycles. The summed E-state index contributed by atoms with van der Waals surface area (Å²) in [5.41, 5.74) is 0. The Morgan fingerprint density at radius 3 is 2.82 bits per heavy atom. The van der Waals surface area contributed by atoms with Gasteiger partial charge in [-0.25, -0.2) is 8.42 Å². The molecule has 1 fully saturated rings. The lowest BCUT2D eigenvalue weighted by atomic mass is 10.1. The average Bonchev–Trinajstić information content (AvgIpc) is 2.77. The van der Waals surface area contributed by atoms with Crippen LogP contribution >= 0.6 is 0 Å². The van der Waals surface area contributed by atoms with Crippen molar-refractivity contribution in [2.24, 2.45) is 7.05 Å². The molecule has 1 unspecified atom stereocenters. The highest BCUT2D eigenvalue weighted by Crippen LogP contribution is 2.19. The second-order valence-electron chi connectivity index (χ2n) is 4.53. The van der Waals surface area contributed by atoms with Crippen LogP contribution in [0.15, 0.2) is 23.4 Å². The fraction of sp³-hybridized carbons (Fsp3) is 0.636. The first kappa shape index (κ1) is 12.6. The number of likely N-dealkylation sites (N-methyl/N-ethyl adjacent to an activating group) is 1. The predicted octanol–water partition coefficient (Wildman–Crippen LogP) is 0.398. The molecule has 2 heterocycles. The molecule has 0 bridgehead atoms. The van der Waals surface area contributed by atoms with Crippen molar-refractivity contribution in [1.29, 1.82) is 0 Å². The van der Waals surface area contributed by atoms with Crippen molar-refractivity contribution < 1.29 is 8.42 Å². The summed E-state index contributed by atoms with van der Waals surface area (Å²) < 4.78 is 27.9. The molecule has 1 aliphatic rings. The molecular formula is C11H19N3O2S. The number of nitrogens with zero attached hydrogens (tertiary/aromatic N) is 2. The van der Waals surface area contributed by atoms with E-state index in [4.69, 9.17) is 0 Å². The molecule has 0 amide bonds. The van der Waals surface area contributed by atoms with E-state index in [1.165, 1.54) is 4.31 Å². The molecule has 1 aromatic heterocycles. The number of aromatic nitrogens is 1. The lowest BCUT2D eigenvalue weighted by molar-refractivity contribution is 0.300. The number of hydrogen-bond acceptors (Lipinski definition) is 3. The minimum absolute atomic E-state index is 0.0638. The Balaban J connectivity index is 2.20. The highest BCUT2D eigenvalue weighted by molar-refractivity contribution is 7.89. The summed E-state index contributed by atoms with van der Waals surface area (Å²) >= 11 is 0. The zero-order valence-corrected chi connectivity index (χ0v) is 11.1. The normalized spacial score (nSPS) is 21.9. The fourth-order valence-corrected chi connectivity index (χ4v) is 3.57. The van der Waals surface area contributed by atoms with Gasteiger partial charge in [-0.2, -0.15) is 4.31 Å². The average molecular weight is 257 g/mol. The zero-order chi connectivity index (χ0) is 12.5. The molecule has 6 heteroatoms. The summed E-state index contributed by atoms with van der Waals surface area (Å²) in [6, 6.07) is 1.70. The molecule has 17 heavy (non-hydrogen) atoms. The van der Waals surface area contributed by atoms with Gasteiger partial charge in [0, 0.05) is 39.1 Å². The van der Waals surface area contributed by atoms with Gasteiger partial charge in [0.2, 0.25) is 10.0 Å². The summed E-state index contributed by atoms with van der Waals surface area (Å²) in [6.07, 6.45) is 5.34. The molecule has 0 aliphatic carbocycles. The minimum atomic E-state index is -3.35. The fourth-order valence-electron chi connectivity index (χ4n) is 2.14. The Kier molecular flexibility index (Phi) is 3.56. The van der Waals surface area contributed by atoms with Crippen molar-refractivity contribution >= 4 is 10.0 Å². The Bertz CT molecular complexity index is 475. The van der Waals surface area contributed by atoms with Crippen LogP contribution in [0.25, 0.3) is 0 Å². The topological polar surface area (TPSA) is 54.3 Å². The maximum absolute atomic E-state index is 12.3. The van der Waals surface area contributed by atoms with Crippen LogP contribution in [-0.4, -0.2) is 43.5 Å². The van der Waals surface area contributed by atoms with Gasteiger partial charge in [0.1, 0.15) is 0 Å². The van der Waals surface area contributed by atoms with Crippen molar-refractivity contribution in [1.82, 2.24) is 14.2 Å². The lowest BCUT2D eigenvalue weighted by Crippen LogP contribution is -2.46. The minimum Gasteiger partial charge on any atom is -0.356 e. The number of aryl methyl sites for hydroxylation is 1. The van der Waals surface area contributed by atoms with Gasteiger partial charge >= 0.3 is 0 Å². The first-order valence-electron chi connectivity index (χ1n) is 5.82. The molecule has 5 nitrogen and oxygen atoms in total. The highest BCUT2D eigenvalue weighted by Gasteiger charge is 2.29. The number of hydrogen-bond donors (Lipinski definition) is 1. The molecule has 2 rings (SSSR count). The van der Waals surface area contributed by atoms with Crippen molar-refractivity contribution in [3.8, 4) is 0 Å². The first-order valence-corrected chi connectivity index (χ1v) is 7.26. The molecule has 0 radical (unpaired) electrons. The smallest absolute Gasteiger partial charge is 0.244 e. The third kappa shape index (κ3) is 2.53. The zero-order valence-electron chi connectivity index (χ0n) is 10.3. The largest absolute Gasteiger partial charge is 0.356 e. The van der Waals surface area contributed by atoms with E-state index < -0.39 is 10.0 Å². The monoisotopic (exact) mass is 257 g/mol. The summed E-state index contributed by atoms with van der Waals surface area (Å²) in [6.45, 7) is 1.72. The summed E-state index contributed by atoms with van der Waals surface area (Å²) in [4.78, 5) is 0.369. The maximum Gasteiger partial charge on any atom is 0.244 e. The Hall–Kier alpha value is -0.850. The van der Waals surface area contributed by atoms with Crippen LogP contribution in [0.4, 0.5) is 0 Å². The third-order valence-corrected chi connectivity index (χ3v) is 5.16. The SMILES string of the molecule is CN(C1CCCNC1)S(=O)(=O)c1ccn(C)c1. The van der Waals surface area contributed by atoms with Crippen LogP contribution < -0.4 is 5.32 Å². The Morgan fingerprint density at radius 1 is 1.53 bits per heavy atom. The molecule has 0 saturated carbocycles. The second-order valence-corrected chi connectivity index (χ2v) is 6.53. The maximum atomic E-state index is 12.3. The van der Waals surface area contributed by atoms with Crippen molar-refractivity contribution in [3.63, 3.8) is 0 Å². The van der Waals surface area contributed by atoms with Gasteiger partial charge in [0.25, 0.3) is 0 Å². The van der Waals surface area contributed by atoms with E-state index in [9.17, 15) is 8.42 Å². The molecule has 96 valence electrons. The quantitative estimate of drug-likeness (QED) is 0.852. The van der Waals surface area contributed by atoms with Crippen LogP contribution in [0.1, 0.15) is 12.8 Å². The van der Waals surface area contributed by atoms with Crippen LogP contribution in [-0.2, 0) is 17.1 Å². The number of piperidine rings is 1. The first-order chi connectivity index (χ1) is 8.01. The molecule has 1 aliphatic heterocycles. The van der Waals surface area contributed by atoms with Gasteiger partial charge in [-0.15, -0.1) is 0 Å². The summed E-state index contributed by atoms with van der Waals surface area (Å²) in [5, 5.41) is 3.23. The summed E-state index contributed by atoms with van der Waals surface area (Å²) in [7, 11) is 0.142. The van der Waals surface area contributed by atoms with Gasteiger partial charge in [-0.05, 0) is 25.5 Å². The number of nitrogens with one attached hydrogen (secondary N) is 1. The number of sulfonamides is 1. The van der Waals surface area contributed by atoms with Gasteiger partial charge in [0.15, 0.2) is 0 Å². The van der Waals surface area contributed by atoms with Crippen LogP contribution in [0, 0.1) is 0 Å². The Labute approximate surface area is 102 Å². The van der Waals surface area contributed by atoms with E-state index in [0.717, 1.165) is 25.9 Å². The van der Waals surface area contributed by atoms with Crippen LogP contribution in [0.2, 0.25) is 0 Å². The van der Waals surface area contributed by atoms with E-state index in [2.05, 4.69) is 5.32 Å². The molecular weight excluding hydrogens is 238 g/mol. The van der Waals surface area contributed by atoms with Crippen LogP contribution in [0.5, 0.6) is 0 Å². The Morgan fingerprint density at radius 2 is 2.29 bits per heavy atom. The molecule has 0 spiro atoms. The van der Waals surface area contributed by atoms with Gasteiger partial charge in [0.05, 0.1) is 4.90 Å². The van der Waals surface area contributed by atoms with Gasteiger partial charge in [-0.3, -0.25) is 0 Å². The van der Waals surface area contributed by atoms with E-state index in [0.29, 0.717) is 4.90 Å². The predicted molar refractivity (Wildman–Crippen MR) is 66.3 cm³/mol. The van der Waals surface area contributed by atoms with Gasteiger partial charge in [-0.1, -0.05) is 0 Å². The standard InChI is InChI=1S/C11H19N3O2S/c1-13-7-5-11(9-13)17(15,16)14(2)10-4-3-6-12-8-10/h5,7,9-10,12H,3-4,6,8H2,1-2H3. The van der Waals surface area contributed by atoms with E-state index in [1.807, 2.05) is 7.05 Å². The van der Waals surface area contributed by atoms with E-state index in [1.54, 1.807) is 30.1 Å². The van der Waals surface area contributed by atoms with E-state index in [-0.39, 0.29) is 6.04 Å². The second kappa shape index (κ2) is 4.80. The summed E-state index contributed by atoms with van der Waals surface area (Å²) in [5.74, 6) is 0. The molecule has 1 saturated heterocycles. The van der Waals surface area contributed by atoms with Crippen molar-refractivity contribution in [2.45, 2.75) is 23.8 Å². The lowest BCUT2D eigenvalue weighted by Gasteiger charge is -2.30. The number of rotatable bonds is 3. The van der Waals surface area contributed by atoms with E-state index >= 15 is 0 Å². The van der Waals surface area contributed by atoms with Crippen molar-refractivity contribution in [2.75, 3.05) is 20.1 Å².